The summed E-state index contributed by atoms with van der Waals surface area (Å²) in [6.07, 6.45) is -8.42. The normalized spacial score (nSPS) is 32.6. The Morgan fingerprint density at radius 1 is 0.871 bits per heavy atom. The molecule has 62 heavy (non-hydrogen) atoms. The maximum atomic E-state index is 15.2. The van der Waals surface area contributed by atoms with Gasteiger partial charge >= 0.3 is 24.0 Å². The average Bonchev–Trinajstić information content (AvgIpc) is 3.17. The highest BCUT2D eigenvalue weighted by molar-refractivity contribution is 5.94. The van der Waals surface area contributed by atoms with Gasteiger partial charge in [0.25, 0.3) is 0 Å². The molecule has 4 aliphatic rings. The van der Waals surface area contributed by atoms with Crippen molar-refractivity contribution >= 4 is 29.8 Å². The number of benzene rings is 2. The van der Waals surface area contributed by atoms with Crippen LogP contribution in [0.25, 0.3) is 0 Å². The molecule has 0 heterocycles. The van der Waals surface area contributed by atoms with Gasteiger partial charge < -0.3 is 44.3 Å². The molecule has 0 radical (unpaired) electrons. The summed E-state index contributed by atoms with van der Waals surface area (Å²) in [5.41, 5.74) is -8.26. The second-order valence-electron chi connectivity index (χ2n) is 20.2. The minimum atomic E-state index is -2.27. The zero-order valence-corrected chi connectivity index (χ0v) is 37.6. The van der Waals surface area contributed by atoms with Crippen LogP contribution in [0.1, 0.15) is 124 Å². The fourth-order valence-corrected chi connectivity index (χ4v) is 10.6. The number of alkyl carbamates (subject to hydrolysis) is 1. The van der Waals surface area contributed by atoms with E-state index in [-0.39, 0.29) is 29.6 Å². The van der Waals surface area contributed by atoms with Gasteiger partial charge in [0.05, 0.1) is 34.6 Å². The van der Waals surface area contributed by atoms with E-state index in [2.05, 4.69) is 5.32 Å². The first-order valence-corrected chi connectivity index (χ1v) is 21.4. The van der Waals surface area contributed by atoms with Crippen molar-refractivity contribution in [3.63, 3.8) is 0 Å². The fraction of sp³-hybridized carbons (Fsp3) is 0.604. The van der Waals surface area contributed by atoms with Crippen LogP contribution >= 0.6 is 0 Å². The van der Waals surface area contributed by atoms with Crippen molar-refractivity contribution in [3.05, 3.63) is 82.9 Å². The van der Waals surface area contributed by atoms with Crippen LogP contribution in [0.15, 0.2) is 71.8 Å². The lowest BCUT2D eigenvalue weighted by atomic mass is 9.41. The van der Waals surface area contributed by atoms with E-state index in [1.165, 1.54) is 26.0 Å². The smallest absolute Gasteiger partial charge is 0.408 e. The molecular weight excluding hydrogens is 799 g/mol. The Labute approximate surface area is 363 Å². The summed E-state index contributed by atoms with van der Waals surface area (Å²) in [6, 6.07) is 15.6. The highest BCUT2D eigenvalue weighted by Gasteiger charge is 2.77. The Morgan fingerprint density at radius 3 is 2.00 bits per heavy atom. The lowest BCUT2D eigenvalue weighted by Gasteiger charge is -2.68. The summed E-state index contributed by atoms with van der Waals surface area (Å²) in [7, 11) is 0. The van der Waals surface area contributed by atoms with Crippen molar-refractivity contribution in [2.75, 3.05) is 0 Å². The van der Waals surface area contributed by atoms with Crippen LogP contribution in [0.5, 0.6) is 0 Å². The molecule has 2 aromatic rings. The third-order valence-corrected chi connectivity index (χ3v) is 13.6. The number of ketones is 1. The Balaban J connectivity index is 1.53. The second-order valence-corrected chi connectivity index (χ2v) is 20.2. The Hall–Kier alpha value is -4.63. The van der Waals surface area contributed by atoms with Crippen LogP contribution in [0.4, 0.5) is 4.79 Å². The minimum absolute atomic E-state index is 0.0127. The molecule has 6 rings (SSSR count). The average molecular weight is 862 g/mol. The molecule has 14 nitrogen and oxygen atoms in total. The van der Waals surface area contributed by atoms with Crippen LogP contribution in [0.3, 0.4) is 0 Å². The Kier molecular flexibility index (Phi) is 12.5. The number of aliphatic hydroxyl groups excluding tert-OH is 2. The van der Waals surface area contributed by atoms with Gasteiger partial charge in [0.15, 0.2) is 11.9 Å². The molecule has 0 aliphatic heterocycles. The summed E-state index contributed by atoms with van der Waals surface area (Å²) in [5, 5.41) is 40.9. The molecule has 0 unspecified atom stereocenters. The third-order valence-electron chi connectivity index (χ3n) is 13.6. The van der Waals surface area contributed by atoms with Crippen LogP contribution in [-0.4, -0.2) is 98.0 Å². The molecule has 4 N–H and O–H groups in total. The molecule has 2 aromatic carbocycles. The van der Waals surface area contributed by atoms with Gasteiger partial charge in [-0.05, 0) is 103 Å². The lowest BCUT2D eigenvalue weighted by molar-refractivity contribution is -0.296. The number of carbonyl (C=O) groups excluding carboxylic acids is 5. The molecule has 338 valence electrons. The summed E-state index contributed by atoms with van der Waals surface area (Å²) in [4.78, 5) is 70.7. The molecule has 0 spiro atoms. The first-order valence-electron chi connectivity index (χ1n) is 21.4. The quantitative estimate of drug-likeness (QED) is 0.128. The van der Waals surface area contributed by atoms with E-state index in [4.69, 9.17) is 23.7 Å². The van der Waals surface area contributed by atoms with Crippen LogP contribution in [0, 0.1) is 22.7 Å². The number of esters is 3. The second kappa shape index (κ2) is 16.5. The number of ether oxygens (including phenoxy) is 5. The summed E-state index contributed by atoms with van der Waals surface area (Å²) >= 11 is 0. The van der Waals surface area contributed by atoms with E-state index in [0.29, 0.717) is 12.0 Å². The predicted molar refractivity (Wildman–Crippen MR) is 225 cm³/mol. The zero-order valence-electron chi connectivity index (χ0n) is 37.6. The molecule has 2 bridgehead atoms. The minimum Gasteiger partial charge on any atom is -0.458 e. The largest absolute Gasteiger partial charge is 0.458 e. The van der Waals surface area contributed by atoms with Gasteiger partial charge in [-0.3, -0.25) is 9.59 Å². The fourth-order valence-electron chi connectivity index (χ4n) is 10.6. The number of hydrogen-bond acceptors (Lipinski definition) is 13. The van der Waals surface area contributed by atoms with Crippen molar-refractivity contribution in [3.8, 4) is 0 Å². The summed E-state index contributed by atoms with van der Waals surface area (Å²) in [6.45, 7) is 17.8. The molecule has 3 saturated carbocycles. The number of aliphatic hydroxyl groups is 3. The molecule has 0 saturated heterocycles. The number of fused-ring (bicyclic) bond motifs is 5. The van der Waals surface area contributed by atoms with Gasteiger partial charge in [-0.2, -0.15) is 0 Å². The molecule has 11 atom stereocenters. The zero-order chi connectivity index (χ0) is 46.0. The molecule has 3 fully saturated rings. The number of amides is 1. The van der Waals surface area contributed by atoms with Gasteiger partial charge in [0.2, 0.25) is 0 Å². The standard InChI is InChI=1S/C48H63NO13/c1-26-31(58-41(55)36(61-43(3,4)5)34(28-18-14-12-15-19-28)49-42(56)62-44(6,7)8)25-48(57)39(59-40(54)29-20-16-13-17-21-29)37-46(11,38(53)35(52)33(26)45(48,9)10)32(51)24-30-22-23-47(30,37)60-27(2)50/h12-21,30-32,34-37,39,51-52,57H,22-25H2,1-11H3,(H,49,56)/t30-,31+,32+,34+,35-,36-,37+,39+,46-,47+,48-/m1/s1. The number of nitrogens with one attached hydrogen (secondary N) is 1. The maximum absolute atomic E-state index is 15.2. The predicted octanol–water partition coefficient (Wildman–Crippen LogP) is 6.09. The topological polar surface area (TPSA) is 204 Å². The maximum Gasteiger partial charge on any atom is 0.408 e. The highest BCUT2D eigenvalue weighted by atomic mass is 16.6. The first kappa shape index (κ1) is 46.9. The van der Waals surface area contributed by atoms with Crippen molar-refractivity contribution in [1.82, 2.24) is 5.32 Å². The van der Waals surface area contributed by atoms with Gasteiger partial charge in [-0.15, -0.1) is 0 Å². The molecular formula is C48H63NO13. The molecule has 14 heteroatoms. The van der Waals surface area contributed by atoms with Crippen LogP contribution in [0.2, 0.25) is 0 Å². The Morgan fingerprint density at radius 2 is 1.47 bits per heavy atom. The van der Waals surface area contributed by atoms with E-state index in [1.54, 1.807) is 111 Å². The van der Waals surface area contributed by atoms with E-state index >= 15 is 4.79 Å². The number of rotatable bonds is 9. The van der Waals surface area contributed by atoms with Gasteiger partial charge in [-0.1, -0.05) is 62.4 Å². The number of hydrogen-bond donors (Lipinski definition) is 4. The van der Waals surface area contributed by atoms with Crippen LogP contribution < -0.4 is 5.32 Å². The van der Waals surface area contributed by atoms with E-state index < -0.39 is 118 Å². The Bertz CT molecular complexity index is 2090. The lowest BCUT2D eigenvalue weighted by Crippen LogP contribution is -2.78. The number of Topliss-reactive ketones (excluding diaryl/α,β-unsaturated/α-hetero) is 1. The third kappa shape index (κ3) is 8.31. The van der Waals surface area contributed by atoms with E-state index in [0.717, 1.165) is 0 Å². The number of carbonyl (C=O) groups is 5. The van der Waals surface area contributed by atoms with Crippen molar-refractivity contribution < 1.29 is 63.0 Å². The highest BCUT2D eigenvalue weighted by Crippen LogP contribution is 2.67. The molecule has 1 amide bonds. The van der Waals surface area contributed by atoms with Gasteiger partial charge in [-0.25, -0.2) is 14.4 Å². The monoisotopic (exact) mass is 861 g/mol. The van der Waals surface area contributed by atoms with E-state index in [1.807, 2.05) is 0 Å². The van der Waals surface area contributed by atoms with Crippen LogP contribution in [-0.2, 0) is 38.1 Å². The van der Waals surface area contributed by atoms with E-state index in [9.17, 15) is 34.5 Å². The summed E-state index contributed by atoms with van der Waals surface area (Å²) in [5.74, 6) is -5.18. The molecule has 0 aromatic heterocycles. The molecule has 4 aliphatic carbocycles. The summed E-state index contributed by atoms with van der Waals surface area (Å²) < 4.78 is 31.0. The van der Waals surface area contributed by atoms with Crippen molar-refractivity contribution in [1.29, 1.82) is 0 Å². The van der Waals surface area contributed by atoms with Gasteiger partial charge in [0.1, 0.15) is 35.1 Å². The van der Waals surface area contributed by atoms with Crippen molar-refractivity contribution in [2.24, 2.45) is 22.7 Å². The first-order chi connectivity index (χ1) is 28.7. The van der Waals surface area contributed by atoms with Crippen molar-refractivity contribution in [2.45, 2.75) is 161 Å². The SMILES string of the molecule is CC(=O)O[C@@]12CC[C@@H]1C[C@H](O)[C@@]1(C)C(=O)[C@H](O)C3=C(C)[C@@H](OC(=O)[C@H](OC(C)(C)C)[C@@H](NC(=O)OC(C)(C)C)c4ccccc4)C[C@@](O)([C@@H](OC(=O)c4ccccc4)[C@H]21)C3(C)C. The van der Waals surface area contributed by atoms with Gasteiger partial charge in [0, 0.05) is 24.7 Å².